The number of H-pyrrole nitrogens is 1. The number of fused-ring (bicyclic) bond motifs is 1. The van der Waals surface area contributed by atoms with E-state index in [1.54, 1.807) is 4.90 Å². The number of likely N-dealkylation sites (tertiary alicyclic amines) is 1. The summed E-state index contributed by atoms with van der Waals surface area (Å²) < 4.78 is 2.18. The molecule has 24 heavy (non-hydrogen) atoms. The standard InChI is InChI=1S/C15H22N8O/c24-15(14-16-11-17-20-14)22-7-4-8-23-12(18-19-13(23)10-22)9-21-5-2-1-3-6-21/h11H,1-10H2,(H,16,17,20). The van der Waals surface area contributed by atoms with Gasteiger partial charge in [0.05, 0.1) is 13.1 Å². The van der Waals surface area contributed by atoms with E-state index in [1.165, 1.54) is 25.6 Å². The fourth-order valence-electron chi connectivity index (χ4n) is 3.48. The summed E-state index contributed by atoms with van der Waals surface area (Å²) in [5.74, 6) is 2.01. The highest BCUT2D eigenvalue weighted by Crippen LogP contribution is 2.17. The van der Waals surface area contributed by atoms with Gasteiger partial charge in [0.1, 0.15) is 12.2 Å². The van der Waals surface area contributed by atoms with Crippen molar-refractivity contribution in [3.63, 3.8) is 0 Å². The molecule has 2 aliphatic rings. The molecule has 4 heterocycles. The van der Waals surface area contributed by atoms with Crippen molar-refractivity contribution < 1.29 is 4.79 Å². The molecule has 0 aromatic carbocycles. The second-order valence-corrected chi connectivity index (χ2v) is 6.44. The lowest BCUT2D eigenvalue weighted by Gasteiger charge is -2.25. The molecule has 2 aromatic rings. The predicted octanol–water partition coefficient (Wildman–Crippen LogP) is 0.428. The normalized spacial score (nSPS) is 19.1. The number of carbonyl (C=O) groups is 1. The number of aromatic amines is 1. The smallest absolute Gasteiger partial charge is 0.291 e. The van der Waals surface area contributed by atoms with Crippen molar-refractivity contribution in [1.82, 2.24) is 39.7 Å². The first-order chi connectivity index (χ1) is 11.8. The number of rotatable bonds is 3. The summed E-state index contributed by atoms with van der Waals surface area (Å²) in [7, 11) is 0. The maximum absolute atomic E-state index is 12.5. The fourth-order valence-corrected chi connectivity index (χ4v) is 3.48. The van der Waals surface area contributed by atoms with Gasteiger partial charge in [-0.25, -0.2) is 4.98 Å². The highest BCUT2D eigenvalue weighted by Gasteiger charge is 2.25. The zero-order valence-electron chi connectivity index (χ0n) is 13.7. The molecule has 0 unspecified atom stereocenters. The van der Waals surface area contributed by atoms with Crippen molar-refractivity contribution in [2.45, 2.75) is 45.3 Å². The summed E-state index contributed by atoms with van der Waals surface area (Å²) in [4.78, 5) is 20.6. The summed E-state index contributed by atoms with van der Waals surface area (Å²) in [6.45, 7) is 5.13. The number of hydrogen-bond donors (Lipinski definition) is 1. The number of nitrogens with zero attached hydrogens (tertiary/aromatic N) is 7. The van der Waals surface area contributed by atoms with E-state index in [1.807, 2.05) is 0 Å². The first-order valence-corrected chi connectivity index (χ1v) is 8.59. The van der Waals surface area contributed by atoms with Gasteiger partial charge in [0.15, 0.2) is 5.82 Å². The van der Waals surface area contributed by atoms with Crippen LogP contribution in [-0.2, 0) is 19.6 Å². The van der Waals surface area contributed by atoms with Crippen LogP contribution in [0.1, 0.15) is 48.0 Å². The van der Waals surface area contributed by atoms with Crippen molar-refractivity contribution in [2.24, 2.45) is 0 Å². The lowest BCUT2D eigenvalue weighted by atomic mass is 10.1. The van der Waals surface area contributed by atoms with Crippen LogP contribution in [0.5, 0.6) is 0 Å². The van der Waals surface area contributed by atoms with Crippen molar-refractivity contribution in [3.8, 4) is 0 Å². The minimum Gasteiger partial charge on any atom is -0.328 e. The molecule has 9 heteroatoms. The number of piperidine rings is 1. The molecule has 0 aliphatic carbocycles. The van der Waals surface area contributed by atoms with Gasteiger partial charge in [-0.3, -0.25) is 14.8 Å². The average Bonchev–Trinajstić information content (AvgIpc) is 3.21. The van der Waals surface area contributed by atoms with E-state index in [-0.39, 0.29) is 11.7 Å². The van der Waals surface area contributed by atoms with Gasteiger partial charge in [-0.1, -0.05) is 6.42 Å². The molecule has 4 rings (SSSR count). The van der Waals surface area contributed by atoms with Crippen LogP contribution in [-0.4, -0.2) is 65.3 Å². The van der Waals surface area contributed by atoms with E-state index in [9.17, 15) is 4.79 Å². The third kappa shape index (κ3) is 3.03. The summed E-state index contributed by atoms with van der Waals surface area (Å²) in [6.07, 6.45) is 6.09. The maximum Gasteiger partial charge on any atom is 0.291 e. The van der Waals surface area contributed by atoms with Gasteiger partial charge in [0.25, 0.3) is 5.91 Å². The van der Waals surface area contributed by atoms with E-state index < -0.39 is 0 Å². The third-order valence-electron chi connectivity index (χ3n) is 4.76. The van der Waals surface area contributed by atoms with E-state index >= 15 is 0 Å². The van der Waals surface area contributed by atoms with Gasteiger partial charge in [-0.05, 0) is 32.4 Å². The SMILES string of the molecule is O=C(c1ncn[nH]1)N1CCCn2c(CN3CCCCC3)nnc2C1. The Morgan fingerprint density at radius 3 is 2.75 bits per heavy atom. The molecular formula is C15H22N8O. The Bertz CT molecular complexity index is 688. The molecular weight excluding hydrogens is 308 g/mol. The highest BCUT2D eigenvalue weighted by molar-refractivity contribution is 5.90. The van der Waals surface area contributed by atoms with Crippen LogP contribution in [0.2, 0.25) is 0 Å². The first-order valence-electron chi connectivity index (χ1n) is 8.59. The average molecular weight is 330 g/mol. The Morgan fingerprint density at radius 2 is 1.96 bits per heavy atom. The lowest BCUT2D eigenvalue weighted by molar-refractivity contribution is 0.0732. The molecule has 1 fully saturated rings. The van der Waals surface area contributed by atoms with Crippen LogP contribution in [0.15, 0.2) is 6.33 Å². The molecule has 2 aliphatic heterocycles. The molecule has 1 saturated heterocycles. The van der Waals surface area contributed by atoms with Gasteiger partial charge in [0, 0.05) is 13.1 Å². The van der Waals surface area contributed by atoms with E-state index in [0.29, 0.717) is 13.1 Å². The largest absolute Gasteiger partial charge is 0.328 e. The van der Waals surface area contributed by atoms with Gasteiger partial charge >= 0.3 is 0 Å². The second-order valence-electron chi connectivity index (χ2n) is 6.44. The van der Waals surface area contributed by atoms with Gasteiger partial charge in [-0.2, -0.15) is 5.10 Å². The maximum atomic E-state index is 12.5. The Morgan fingerprint density at radius 1 is 1.08 bits per heavy atom. The summed E-state index contributed by atoms with van der Waals surface area (Å²) >= 11 is 0. The Balaban J connectivity index is 1.49. The quantitative estimate of drug-likeness (QED) is 0.877. The van der Waals surface area contributed by atoms with Crippen LogP contribution >= 0.6 is 0 Å². The Kier molecular flexibility index (Phi) is 4.24. The van der Waals surface area contributed by atoms with Crippen molar-refractivity contribution in [1.29, 1.82) is 0 Å². The fraction of sp³-hybridized carbons (Fsp3) is 0.667. The van der Waals surface area contributed by atoms with Gasteiger partial charge in [0.2, 0.25) is 5.82 Å². The van der Waals surface area contributed by atoms with Crippen LogP contribution in [0, 0.1) is 0 Å². The number of amides is 1. The minimum atomic E-state index is -0.137. The molecule has 0 atom stereocenters. The minimum absolute atomic E-state index is 0.137. The van der Waals surface area contributed by atoms with E-state index in [0.717, 1.165) is 44.2 Å². The van der Waals surface area contributed by atoms with Crippen LogP contribution in [0.4, 0.5) is 0 Å². The van der Waals surface area contributed by atoms with E-state index in [2.05, 4.69) is 34.8 Å². The van der Waals surface area contributed by atoms with Crippen LogP contribution in [0.3, 0.4) is 0 Å². The first kappa shape index (κ1) is 15.3. The number of nitrogens with one attached hydrogen (secondary N) is 1. The molecule has 1 amide bonds. The Hall–Kier alpha value is -2.29. The molecule has 0 radical (unpaired) electrons. The monoisotopic (exact) mass is 330 g/mol. The van der Waals surface area contributed by atoms with Gasteiger partial charge < -0.3 is 9.47 Å². The zero-order valence-corrected chi connectivity index (χ0v) is 13.7. The van der Waals surface area contributed by atoms with Crippen LogP contribution in [0.25, 0.3) is 0 Å². The molecule has 2 aromatic heterocycles. The van der Waals surface area contributed by atoms with E-state index in [4.69, 9.17) is 0 Å². The number of hydrogen-bond acceptors (Lipinski definition) is 6. The summed E-state index contributed by atoms with van der Waals surface area (Å²) in [5.41, 5.74) is 0. The molecule has 0 bridgehead atoms. The van der Waals surface area contributed by atoms with Crippen molar-refractivity contribution >= 4 is 5.91 Å². The number of aromatic nitrogens is 6. The summed E-state index contributed by atoms with van der Waals surface area (Å²) in [5, 5.41) is 15.1. The second kappa shape index (κ2) is 6.68. The Labute approximate surface area is 140 Å². The highest BCUT2D eigenvalue weighted by atomic mass is 16.2. The summed E-state index contributed by atoms with van der Waals surface area (Å²) in [6, 6.07) is 0. The molecule has 128 valence electrons. The van der Waals surface area contributed by atoms with Crippen LogP contribution < -0.4 is 0 Å². The van der Waals surface area contributed by atoms with Crippen molar-refractivity contribution in [3.05, 3.63) is 23.8 Å². The molecule has 0 spiro atoms. The topological polar surface area (TPSA) is 95.8 Å². The lowest BCUT2D eigenvalue weighted by Crippen LogP contribution is -2.31. The van der Waals surface area contributed by atoms with Gasteiger partial charge in [-0.15, -0.1) is 10.2 Å². The molecule has 0 saturated carbocycles. The zero-order chi connectivity index (χ0) is 16.4. The van der Waals surface area contributed by atoms with Crippen molar-refractivity contribution in [2.75, 3.05) is 19.6 Å². The number of carbonyl (C=O) groups excluding carboxylic acids is 1. The third-order valence-corrected chi connectivity index (χ3v) is 4.76. The molecule has 1 N–H and O–H groups in total. The molecule has 9 nitrogen and oxygen atoms in total. The predicted molar refractivity (Wildman–Crippen MR) is 84.9 cm³/mol.